The highest BCUT2D eigenvalue weighted by atomic mass is 35.5. The Labute approximate surface area is 180 Å². The number of Topliss-reactive ketones (excluding diaryl/α,β-unsaturated/α-hetero) is 1. The van der Waals surface area contributed by atoms with Crippen molar-refractivity contribution < 1.29 is 18.0 Å². The van der Waals surface area contributed by atoms with Crippen LogP contribution in [0.5, 0.6) is 0 Å². The van der Waals surface area contributed by atoms with E-state index in [9.17, 15) is 22.8 Å². The van der Waals surface area contributed by atoms with E-state index in [0.29, 0.717) is 33.5 Å². The Morgan fingerprint density at radius 1 is 1.03 bits per heavy atom. The number of fused-ring (bicyclic) bond motifs is 1. The topological polar surface area (TPSA) is 44.0 Å². The van der Waals surface area contributed by atoms with Crippen LogP contribution >= 0.6 is 11.6 Å². The number of para-hydroxylation sites is 1. The van der Waals surface area contributed by atoms with Crippen LogP contribution in [-0.4, -0.2) is 14.9 Å². The van der Waals surface area contributed by atoms with Crippen LogP contribution in [0.2, 0.25) is 5.02 Å². The smallest absolute Gasteiger partial charge is 0.343 e. The van der Waals surface area contributed by atoms with E-state index >= 15 is 0 Å². The van der Waals surface area contributed by atoms with Gasteiger partial charge in [0.1, 0.15) is 5.02 Å². The van der Waals surface area contributed by atoms with Crippen molar-refractivity contribution in [1.29, 1.82) is 0 Å². The number of alkyl halides is 3. The van der Waals surface area contributed by atoms with Gasteiger partial charge in [-0.1, -0.05) is 60.1 Å². The van der Waals surface area contributed by atoms with Gasteiger partial charge in [-0.15, -0.1) is 0 Å². The van der Waals surface area contributed by atoms with Gasteiger partial charge in [0.15, 0.2) is 5.78 Å². The second-order valence-electron chi connectivity index (χ2n) is 7.10. The maximum absolute atomic E-state index is 13.4. The molecule has 0 bridgehead atoms. The number of rotatable bonds is 4. The number of nitrogens with zero attached hydrogens (tertiary/aromatic N) is 2. The highest BCUT2D eigenvalue weighted by Gasteiger charge is 2.32. The fourth-order valence-electron chi connectivity index (χ4n) is 3.71. The number of hydrogen-bond acceptors (Lipinski definition) is 2. The van der Waals surface area contributed by atoms with Gasteiger partial charge in [0.25, 0.3) is 5.56 Å². The van der Waals surface area contributed by atoms with Crippen molar-refractivity contribution in [3.8, 4) is 11.3 Å². The Kier molecular flexibility index (Phi) is 5.23. The molecule has 0 saturated heterocycles. The van der Waals surface area contributed by atoms with Crippen molar-refractivity contribution in [3.05, 3.63) is 93.4 Å². The minimum atomic E-state index is -4.70. The molecule has 8 heteroatoms. The first-order chi connectivity index (χ1) is 14.7. The van der Waals surface area contributed by atoms with Gasteiger partial charge in [-0.2, -0.15) is 13.2 Å². The van der Waals surface area contributed by atoms with Crippen molar-refractivity contribution in [2.24, 2.45) is 7.05 Å². The summed E-state index contributed by atoms with van der Waals surface area (Å²) in [6, 6.07) is 17.0. The average Bonchev–Trinajstić information content (AvgIpc) is 3.04. The van der Waals surface area contributed by atoms with E-state index in [2.05, 4.69) is 0 Å². The third-order valence-electron chi connectivity index (χ3n) is 5.12. The molecule has 0 aliphatic carbocycles. The van der Waals surface area contributed by atoms with Gasteiger partial charge >= 0.3 is 6.18 Å². The van der Waals surface area contributed by atoms with E-state index in [4.69, 9.17) is 11.6 Å². The molecule has 0 N–H and O–H groups in total. The van der Waals surface area contributed by atoms with Crippen LogP contribution in [0.1, 0.15) is 15.9 Å². The van der Waals surface area contributed by atoms with Crippen LogP contribution in [0, 0.1) is 0 Å². The summed E-state index contributed by atoms with van der Waals surface area (Å²) in [7, 11) is 1.81. The van der Waals surface area contributed by atoms with Crippen LogP contribution < -0.4 is 5.56 Å². The SMILES string of the molecule is Cn1c(-c2ccccc2)c(C(=O)Cn2cc(C(F)(F)F)cc(Cl)c2=O)c2ccccc21. The van der Waals surface area contributed by atoms with Crippen LogP contribution in [0.3, 0.4) is 0 Å². The number of aromatic nitrogens is 2. The lowest BCUT2D eigenvalue weighted by Gasteiger charge is -2.12. The zero-order chi connectivity index (χ0) is 22.3. The molecule has 4 rings (SSSR count). The van der Waals surface area contributed by atoms with E-state index in [0.717, 1.165) is 11.1 Å². The number of benzene rings is 2. The lowest BCUT2D eigenvalue weighted by Crippen LogP contribution is -2.26. The highest BCUT2D eigenvalue weighted by Crippen LogP contribution is 2.34. The molecule has 0 atom stereocenters. The van der Waals surface area contributed by atoms with Crippen LogP contribution in [-0.2, 0) is 19.8 Å². The minimum absolute atomic E-state index is 0.338. The fourth-order valence-corrected chi connectivity index (χ4v) is 3.94. The summed E-state index contributed by atoms with van der Waals surface area (Å²) >= 11 is 5.73. The highest BCUT2D eigenvalue weighted by molar-refractivity contribution is 6.30. The van der Waals surface area contributed by atoms with Gasteiger partial charge < -0.3 is 9.13 Å². The van der Waals surface area contributed by atoms with Crippen molar-refractivity contribution in [2.45, 2.75) is 12.7 Å². The molecule has 4 nitrogen and oxygen atoms in total. The van der Waals surface area contributed by atoms with E-state index in [-0.39, 0.29) is 0 Å². The van der Waals surface area contributed by atoms with Gasteiger partial charge in [0.05, 0.1) is 23.4 Å². The summed E-state index contributed by atoms with van der Waals surface area (Å²) < 4.78 is 42.1. The number of halogens is 4. The largest absolute Gasteiger partial charge is 0.417 e. The van der Waals surface area contributed by atoms with Gasteiger partial charge in [-0.05, 0) is 17.7 Å². The molecule has 2 heterocycles. The Bertz CT molecular complexity index is 1360. The number of hydrogen-bond donors (Lipinski definition) is 0. The Morgan fingerprint density at radius 2 is 1.68 bits per heavy atom. The van der Waals surface area contributed by atoms with E-state index in [1.54, 1.807) is 12.1 Å². The predicted molar refractivity (Wildman–Crippen MR) is 113 cm³/mol. The summed E-state index contributed by atoms with van der Waals surface area (Å²) in [5, 5.41) is 0.0591. The molecular weight excluding hydrogens is 429 g/mol. The van der Waals surface area contributed by atoms with Crippen LogP contribution in [0.25, 0.3) is 22.2 Å². The number of ketones is 1. The lowest BCUT2D eigenvalue weighted by molar-refractivity contribution is -0.138. The summed E-state index contributed by atoms with van der Waals surface area (Å²) in [5.41, 5.74) is 0.580. The molecule has 0 saturated carbocycles. The zero-order valence-corrected chi connectivity index (χ0v) is 17.0. The van der Waals surface area contributed by atoms with Crippen LogP contribution in [0.15, 0.2) is 71.7 Å². The molecule has 4 aromatic rings. The van der Waals surface area contributed by atoms with Gasteiger partial charge in [-0.25, -0.2) is 0 Å². The molecule has 31 heavy (non-hydrogen) atoms. The summed E-state index contributed by atoms with van der Waals surface area (Å²) in [6.45, 7) is -0.573. The second-order valence-corrected chi connectivity index (χ2v) is 7.50. The molecule has 0 spiro atoms. The molecule has 0 radical (unpaired) electrons. The molecular formula is C23H16ClF3N2O2. The molecule has 2 aromatic carbocycles. The van der Waals surface area contributed by atoms with Gasteiger partial charge in [0.2, 0.25) is 0 Å². The fraction of sp³-hybridized carbons (Fsp3) is 0.130. The molecule has 0 aliphatic heterocycles. The maximum Gasteiger partial charge on any atom is 0.417 e. The summed E-state index contributed by atoms with van der Waals surface area (Å²) in [4.78, 5) is 25.7. The quantitative estimate of drug-likeness (QED) is 0.387. The Morgan fingerprint density at radius 3 is 2.35 bits per heavy atom. The van der Waals surface area contributed by atoms with E-state index in [1.807, 2.05) is 54.1 Å². The monoisotopic (exact) mass is 444 g/mol. The van der Waals surface area contributed by atoms with E-state index in [1.165, 1.54) is 0 Å². The maximum atomic E-state index is 13.4. The second kappa shape index (κ2) is 7.74. The summed E-state index contributed by atoms with van der Waals surface area (Å²) in [6.07, 6.45) is -4.07. The third-order valence-corrected chi connectivity index (χ3v) is 5.39. The lowest BCUT2D eigenvalue weighted by atomic mass is 10.0. The number of aryl methyl sites for hydroxylation is 1. The van der Waals surface area contributed by atoms with Crippen molar-refractivity contribution >= 4 is 28.3 Å². The molecule has 0 unspecified atom stereocenters. The molecule has 0 fully saturated rings. The van der Waals surface area contributed by atoms with Crippen molar-refractivity contribution in [3.63, 3.8) is 0 Å². The predicted octanol–water partition coefficient (Wildman–Crippen LogP) is 5.56. The van der Waals surface area contributed by atoms with E-state index < -0.39 is 34.6 Å². The first kappa shape index (κ1) is 20.9. The first-order valence-corrected chi connectivity index (χ1v) is 9.69. The first-order valence-electron chi connectivity index (χ1n) is 9.31. The molecule has 0 aliphatic rings. The number of carbonyl (C=O) groups excluding carboxylic acids is 1. The third kappa shape index (κ3) is 3.77. The standard InChI is InChI=1S/C23H16ClF3N2O2/c1-28-18-10-6-5-9-16(18)20(21(28)14-7-3-2-4-8-14)19(30)13-29-12-15(23(25,26)27)11-17(24)22(29)31/h2-12H,13H2,1H3. The molecule has 2 aromatic heterocycles. The van der Waals surface area contributed by atoms with Gasteiger partial charge in [-0.3, -0.25) is 9.59 Å². The molecule has 0 amide bonds. The minimum Gasteiger partial charge on any atom is -0.343 e. The average molecular weight is 445 g/mol. The number of carbonyl (C=O) groups is 1. The molecule has 158 valence electrons. The summed E-state index contributed by atoms with van der Waals surface area (Å²) in [5.74, 6) is -0.492. The van der Waals surface area contributed by atoms with Crippen molar-refractivity contribution in [2.75, 3.05) is 0 Å². The Balaban J connectivity index is 1.89. The number of pyridine rings is 1. The zero-order valence-electron chi connectivity index (χ0n) is 16.3. The van der Waals surface area contributed by atoms with Gasteiger partial charge in [0, 0.05) is 24.1 Å². The normalized spacial score (nSPS) is 11.8. The van der Waals surface area contributed by atoms with Crippen LogP contribution in [0.4, 0.5) is 13.2 Å². The van der Waals surface area contributed by atoms with Crippen molar-refractivity contribution in [1.82, 2.24) is 9.13 Å². The Hall–Kier alpha value is -3.32.